The van der Waals surface area contributed by atoms with Crippen LogP contribution in [0, 0.1) is 0 Å². The Morgan fingerprint density at radius 2 is 2.08 bits per heavy atom. The Balaban J connectivity index is 1.78. The topological polar surface area (TPSA) is 52.3 Å². The van der Waals surface area contributed by atoms with Crippen LogP contribution in [0.15, 0.2) is 58.0 Å². The van der Waals surface area contributed by atoms with E-state index in [0.29, 0.717) is 17.1 Å². The Hall–Kier alpha value is -3.40. The minimum atomic E-state index is -0.409. The monoisotopic (exact) mass is 341 g/mol. The lowest BCUT2D eigenvalue weighted by Gasteiger charge is -2.17. The minimum absolute atomic E-state index is 0.409. The third kappa shape index (κ3) is 2.23. The van der Waals surface area contributed by atoms with Gasteiger partial charge in [0.1, 0.15) is 22.8 Å². The molecule has 1 aliphatic heterocycles. The first-order valence-electron chi connectivity index (χ1n) is 8.48. The summed E-state index contributed by atoms with van der Waals surface area (Å²) >= 11 is 0. The number of hydrogen-bond donors (Lipinski definition) is 0. The average molecular weight is 341 g/mol. The highest BCUT2D eigenvalue weighted by Gasteiger charge is 2.19. The first-order chi connectivity index (χ1) is 12.7. The van der Waals surface area contributed by atoms with Gasteiger partial charge in [-0.1, -0.05) is 23.8 Å². The second kappa shape index (κ2) is 5.56. The van der Waals surface area contributed by atoms with Crippen LogP contribution < -0.4 is 20.8 Å². The van der Waals surface area contributed by atoms with E-state index < -0.39 is 5.63 Å². The largest absolute Gasteiger partial charge is 0.456 e. The van der Waals surface area contributed by atoms with E-state index in [1.807, 2.05) is 18.2 Å². The van der Waals surface area contributed by atoms with Crippen LogP contribution in [-0.4, -0.2) is 4.98 Å². The van der Waals surface area contributed by atoms with Crippen molar-refractivity contribution in [2.24, 2.45) is 0 Å². The van der Waals surface area contributed by atoms with Crippen molar-refractivity contribution in [1.82, 2.24) is 4.98 Å². The second-order valence-corrected chi connectivity index (χ2v) is 6.49. The molecule has 3 heterocycles. The van der Waals surface area contributed by atoms with Crippen molar-refractivity contribution < 1.29 is 9.15 Å². The van der Waals surface area contributed by atoms with Crippen LogP contribution in [0.5, 0.6) is 11.5 Å². The number of allylic oxidation sites excluding steroid dienone is 1. The smallest absolute Gasteiger partial charge is 0.347 e. The molecule has 26 heavy (non-hydrogen) atoms. The molecule has 5 rings (SSSR count). The van der Waals surface area contributed by atoms with E-state index in [1.165, 1.54) is 5.57 Å². The van der Waals surface area contributed by atoms with Crippen LogP contribution in [0.3, 0.4) is 0 Å². The Morgan fingerprint density at radius 3 is 2.92 bits per heavy atom. The van der Waals surface area contributed by atoms with Crippen molar-refractivity contribution in [3.8, 4) is 22.8 Å². The first kappa shape index (κ1) is 14.9. The lowest BCUT2D eigenvalue weighted by atomic mass is 9.96. The van der Waals surface area contributed by atoms with Crippen molar-refractivity contribution in [1.29, 1.82) is 0 Å². The summed E-state index contributed by atoms with van der Waals surface area (Å²) in [7, 11) is 0. The maximum atomic E-state index is 12.6. The number of rotatable bonds is 1. The predicted octanol–water partition coefficient (Wildman–Crippen LogP) is 3.22. The summed E-state index contributed by atoms with van der Waals surface area (Å²) in [4.78, 5) is 16.7. The molecule has 2 aromatic heterocycles. The van der Waals surface area contributed by atoms with E-state index >= 15 is 0 Å². The first-order valence-corrected chi connectivity index (χ1v) is 8.48. The average Bonchev–Trinajstić information content (AvgIpc) is 2.67. The van der Waals surface area contributed by atoms with Gasteiger partial charge in [0.05, 0.1) is 0 Å². The fraction of sp³-hybridized carbons (Fsp3) is 0.0909. The van der Waals surface area contributed by atoms with E-state index in [2.05, 4.69) is 30.1 Å². The van der Waals surface area contributed by atoms with E-state index in [1.54, 1.807) is 24.5 Å². The SMILES string of the molecule is CC1=c2c(ccc3c2=Cc2c(cc(-c4cccnc4)oc2=O)O3)C=CC1. The quantitative estimate of drug-likeness (QED) is 0.533. The van der Waals surface area contributed by atoms with Crippen LogP contribution in [0.25, 0.3) is 29.0 Å². The van der Waals surface area contributed by atoms with Gasteiger partial charge in [0.25, 0.3) is 0 Å². The molecule has 0 saturated heterocycles. The molecule has 0 spiro atoms. The van der Waals surface area contributed by atoms with Crippen molar-refractivity contribution >= 4 is 17.7 Å². The number of hydrogen-bond acceptors (Lipinski definition) is 4. The molecule has 0 radical (unpaired) electrons. The Morgan fingerprint density at radius 1 is 1.15 bits per heavy atom. The molecular weight excluding hydrogens is 326 g/mol. The van der Waals surface area contributed by atoms with Crippen molar-refractivity contribution in [3.63, 3.8) is 0 Å². The van der Waals surface area contributed by atoms with E-state index in [4.69, 9.17) is 9.15 Å². The molecule has 3 aromatic rings. The van der Waals surface area contributed by atoms with Gasteiger partial charge < -0.3 is 9.15 Å². The van der Waals surface area contributed by atoms with Gasteiger partial charge in [-0.15, -0.1) is 0 Å². The van der Waals surface area contributed by atoms with Crippen LogP contribution in [0.4, 0.5) is 0 Å². The fourth-order valence-corrected chi connectivity index (χ4v) is 3.54. The molecule has 0 unspecified atom stereocenters. The fourth-order valence-electron chi connectivity index (χ4n) is 3.54. The lowest BCUT2D eigenvalue weighted by molar-refractivity contribution is 0.450. The molecule has 1 aliphatic carbocycles. The minimum Gasteiger partial charge on any atom is -0.456 e. The Labute approximate surface area is 149 Å². The lowest BCUT2D eigenvalue weighted by Crippen LogP contribution is -2.34. The zero-order chi connectivity index (χ0) is 17.7. The second-order valence-electron chi connectivity index (χ2n) is 6.49. The van der Waals surface area contributed by atoms with Gasteiger partial charge >= 0.3 is 5.63 Å². The highest BCUT2D eigenvalue weighted by atomic mass is 16.5. The molecule has 0 N–H and O–H groups in total. The van der Waals surface area contributed by atoms with Crippen LogP contribution >= 0.6 is 0 Å². The Bertz CT molecular complexity index is 1250. The Kier molecular flexibility index (Phi) is 3.19. The number of ether oxygens (including phenoxy) is 1. The maximum Gasteiger partial charge on any atom is 0.347 e. The van der Waals surface area contributed by atoms with Crippen molar-refractivity contribution in [3.05, 3.63) is 80.8 Å². The normalized spacial score (nSPS) is 14.0. The maximum absolute atomic E-state index is 12.6. The third-order valence-electron chi connectivity index (χ3n) is 4.79. The predicted molar refractivity (Wildman–Crippen MR) is 100 cm³/mol. The zero-order valence-corrected chi connectivity index (χ0v) is 14.2. The number of benzene rings is 1. The highest BCUT2D eigenvalue weighted by Crippen LogP contribution is 2.30. The van der Waals surface area contributed by atoms with Gasteiger partial charge in [0.15, 0.2) is 0 Å². The van der Waals surface area contributed by atoms with Gasteiger partial charge in [-0.3, -0.25) is 4.98 Å². The zero-order valence-electron chi connectivity index (χ0n) is 14.2. The number of aromatic nitrogens is 1. The van der Waals surface area contributed by atoms with Gasteiger partial charge in [-0.2, -0.15) is 0 Å². The molecule has 0 fully saturated rings. The molecule has 2 aliphatic rings. The summed E-state index contributed by atoms with van der Waals surface area (Å²) in [6.45, 7) is 2.11. The van der Waals surface area contributed by atoms with Crippen LogP contribution in [0.2, 0.25) is 0 Å². The van der Waals surface area contributed by atoms with Gasteiger partial charge in [0.2, 0.25) is 0 Å². The highest BCUT2D eigenvalue weighted by molar-refractivity contribution is 5.71. The molecule has 4 nitrogen and oxygen atoms in total. The molecule has 4 heteroatoms. The van der Waals surface area contributed by atoms with Gasteiger partial charge in [-0.25, -0.2) is 4.79 Å². The van der Waals surface area contributed by atoms with Gasteiger partial charge in [-0.05, 0) is 48.4 Å². The summed E-state index contributed by atoms with van der Waals surface area (Å²) in [5.74, 6) is 1.72. The summed E-state index contributed by atoms with van der Waals surface area (Å²) in [6, 6.07) is 9.41. The van der Waals surface area contributed by atoms with Gasteiger partial charge in [0, 0.05) is 29.2 Å². The number of fused-ring (bicyclic) bond motifs is 4. The van der Waals surface area contributed by atoms with E-state index in [-0.39, 0.29) is 0 Å². The molecule has 0 atom stereocenters. The molecule has 0 bridgehead atoms. The van der Waals surface area contributed by atoms with Crippen LogP contribution in [0.1, 0.15) is 24.5 Å². The summed E-state index contributed by atoms with van der Waals surface area (Å²) < 4.78 is 11.6. The molecule has 126 valence electrons. The summed E-state index contributed by atoms with van der Waals surface area (Å²) in [6.07, 6.45) is 10.4. The third-order valence-corrected chi connectivity index (χ3v) is 4.79. The number of nitrogens with zero attached hydrogens (tertiary/aromatic N) is 1. The number of pyridine rings is 1. The summed E-state index contributed by atoms with van der Waals surface area (Å²) in [5.41, 5.74) is 3.18. The molecule has 0 amide bonds. The summed E-state index contributed by atoms with van der Waals surface area (Å²) in [5, 5.41) is 2.09. The van der Waals surface area contributed by atoms with Crippen LogP contribution in [-0.2, 0) is 0 Å². The molecule has 0 saturated carbocycles. The van der Waals surface area contributed by atoms with Crippen molar-refractivity contribution in [2.45, 2.75) is 13.3 Å². The standard InChI is InChI=1S/C22H15NO3/c1-13-4-2-5-14-7-8-18-16(21(13)14)10-17-20(25-18)11-19(26-22(17)24)15-6-3-9-23-12-15/h2-3,5-12H,4H2,1H3. The van der Waals surface area contributed by atoms with Crippen molar-refractivity contribution in [2.75, 3.05) is 0 Å². The van der Waals surface area contributed by atoms with E-state index in [9.17, 15) is 4.79 Å². The van der Waals surface area contributed by atoms with E-state index in [0.717, 1.165) is 33.7 Å². The molecular formula is C22H15NO3. The molecule has 1 aromatic carbocycles.